The number of nitrogens with zero attached hydrogens (tertiary/aromatic N) is 2. The third-order valence-electron chi connectivity index (χ3n) is 1.42. The molecule has 1 aliphatic rings. The second-order valence-electron chi connectivity index (χ2n) is 3.71. The summed E-state index contributed by atoms with van der Waals surface area (Å²) >= 11 is 0. The predicted octanol–water partition coefficient (Wildman–Crippen LogP) is 1.49. The maximum absolute atomic E-state index is 4.17. The van der Waals surface area contributed by atoms with Crippen molar-refractivity contribution in [2.75, 3.05) is 0 Å². The molecule has 0 aromatic rings. The van der Waals surface area contributed by atoms with Gasteiger partial charge in [0.2, 0.25) is 0 Å². The van der Waals surface area contributed by atoms with Gasteiger partial charge in [-0.15, -0.1) is 0 Å². The molecule has 0 aliphatic carbocycles. The average molecular weight is 153 g/mol. The number of rotatable bonds is 0. The summed E-state index contributed by atoms with van der Waals surface area (Å²) in [5.41, 5.74) is 4.31. The second-order valence-corrected chi connectivity index (χ2v) is 3.71. The lowest BCUT2D eigenvalue weighted by Crippen LogP contribution is -2.47. The molecule has 0 aromatic heterocycles. The van der Waals surface area contributed by atoms with E-state index in [4.69, 9.17) is 0 Å². The Labute approximate surface area is 67.7 Å². The third kappa shape index (κ3) is 1.97. The largest absolute Gasteiger partial charge is 0.287 e. The van der Waals surface area contributed by atoms with Gasteiger partial charge in [-0.05, 0) is 33.8 Å². The Morgan fingerprint density at radius 2 is 2.09 bits per heavy atom. The summed E-state index contributed by atoms with van der Waals surface area (Å²) in [7, 11) is 0. The lowest BCUT2D eigenvalue weighted by atomic mass is 10.1. The van der Waals surface area contributed by atoms with Gasteiger partial charge >= 0.3 is 0 Å². The highest BCUT2D eigenvalue weighted by molar-refractivity contribution is 5.72. The second kappa shape index (κ2) is 2.57. The van der Waals surface area contributed by atoms with Crippen LogP contribution in [0.3, 0.4) is 0 Å². The van der Waals surface area contributed by atoms with Gasteiger partial charge in [-0.1, -0.05) is 0 Å². The van der Waals surface area contributed by atoms with E-state index >= 15 is 0 Å². The van der Waals surface area contributed by atoms with Crippen molar-refractivity contribution >= 4 is 6.21 Å². The molecule has 0 aromatic carbocycles. The molecule has 3 nitrogen and oxygen atoms in total. The molecule has 0 amide bonds. The lowest BCUT2D eigenvalue weighted by Gasteiger charge is -2.35. The number of nitrogens with one attached hydrogen (secondary N) is 1. The first-order valence-electron chi connectivity index (χ1n) is 3.78. The van der Waals surface area contributed by atoms with E-state index in [1.54, 1.807) is 6.21 Å². The number of allylic oxidation sites excluding steroid dienone is 2. The van der Waals surface area contributed by atoms with Crippen LogP contribution in [0.5, 0.6) is 0 Å². The Morgan fingerprint density at radius 1 is 1.45 bits per heavy atom. The zero-order valence-corrected chi connectivity index (χ0v) is 7.55. The molecule has 1 heterocycles. The summed E-state index contributed by atoms with van der Waals surface area (Å²) in [5.74, 6) is 0. The van der Waals surface area contributed by atoms with Crippen molar-refractivity contribution in [1.82, 2.24) is 10.5 Å². The number of hydrazine groups is 1. The standard InChI is InChI=1S/C8H15N3/c1-7-5-6-9-11(10-7)8(2,3)4/h5-6,10H,1-4H3. The van der Waals surface area contributed by atoms with Crippen LogP contribution in [0.4, 0.5) is 0 Å². The van der Waals surface area contributed by atoms with Crippen LogP contribution in [0.15, 0.2) is 16.9 Å². The zero-order valence-electron chi connectivity index (χ0n) is 7.55. The van der Waals surface area contributed by atoms with Gasteiger partial charge in [0.25, 0.3) is 0 Å². The molecule has 0 fully saturated rings. The maximum Gasteiger partial charge on any atom is 0.0717 e. The Bertz CT molecular complexity index is 198. The van der Waals surface area contributed by atoms with Crippen LogP contribution in [0.25, 0.3) is 0 Å². The Kier molecular flexibility index (Phi) is 1.89. The Balaban J connectivity index is 2.67. The van der Waals surface area contributed by atoms with Crippen LogP contribution in [0.1, 0.15) is 27.7 Å². The molecule has 3 heteroatoms. The van der Waals surface area contributed by atoms with Gasteiger partial charge in [-0.25, -0.2) is 5.12 Å². The van der Waals surface area contributed by atoms with Gasteiger partial charge in [0.1, 0.15) is 0 Å². The molecule has 0 atom stereocenters. The van der Waals surface area contributed by atoms with Gasteiger partial charge < -0.3 is 0 Å². The highest BCUT2D eigenvalue weighted by atomic mass is 15.7. The minimum absolute atomic E-state index is 0.0337. The summed E-state index contributed by atoms with van der Waals surface area (Å²) in [5, 5.41) is 6.02. The van der Waals surface area contributed by atoms with Gasteiger partial charge in [0, 0.05) is 5.70 Å². The van der Waals surface area contributed by atoms with Gasteiger partial charge in [-0.3, -0.25) is 5.43 Å². The normalized spacial score (nSPS) is 17.8. The molecule has 0 radical (unpaired) electrons. The van der Waals surface area contributed by atoms with Crippen LogP contribution in [0.2, 0.25) is 0 Å². The third-order valence-corrected chi connectivity index (χ3v) is 1.42. The zero-order chi connectivity index (χ0) is 8.48. The molecule has 11 heavy (non-hydrogen) atoms. The van der Waals surface area contributed by atoms with Crippen LogP contribution in [-0.2, 0) is 0 Å². The fourth-order valence-corrected chi connectivity index (χ4v) is 0.786. The highest BCUT2D eigenvalue weighted by Gasteiger charge is 2.20. The van der Waals surface area contributed by atoms with E-state index in [0.29, 0.717) is 0 Å². The van der Waals surface area contributed by atoms with E-state index in [-0.39, 0.29) is 5.54 Å². The molecule has 62 valence electrons. The van der Waals surface area contributed by atoms with Crippen molar-refractivity contribution in [1.29, 1.82) is 0 Å². The summed E-state index contributed by atoms with van der Waals surface area (Å²) < 4.78 is 0. The first kappa shape index (κ1) is 8.11. The van der Waals surface area contributed by atoms with E-state index in [2.05, 4.69) is 31.3 Å². The van der Waals surface area contributed by atoms with Crippen molar-refractivity contribution in [3.05, 3.63) is 11.8 Å². The quantitative estimate of drug-likeness (QED) is 0.571. The number of hydrogen-bond donors (Lipinski definition) is 1. The summed E-state index contributed by atoms with van der Waals surface area (Å²) in [6.07, 6.45) is 3.75. The Hall–Kier alpha value is -0.990. The van der Waals surface area contributed by atoms with Crippen LogP contribution >= 0.6 is 0 Å². The molecule has 0 unspecified atom stereocenters. The van der Waals surface area contributed by atoms with Gasteiger partial charge in [0.15, 0.2) is 0 Å². The van der Waals surface area contributed by atoms with Gasteiger partial charge in [-0.2, -0.15) is 5.10 Å². The Morgan fingerprint density at radius 3 is 2.45 bits per heavy atom. The van der Waals surface area contributed by atoms with Gasteiger partial charge in [0.05, 0.1) is 11.8 Å². The van der Waals surface area contributed by atoms with Crippen molar-refractivity contribution in [3.8, 4) is 0 Å². The van der Waals surface area contributed by atoms with Crippen LogP contribution in [0, 0.1) is 0 Å². The molecule has 0 saturated heterocycles. The van der Waals surface area contributed by atoms with E-state index in [1.807, 2.05) is 18.1 Å². The average Bonchev–Trinajstić information content (AvgIpc) is 1.86. The smallest absolute Gasteiger partial charge is 0.0717 e. The first-order valence-corrected chi connectivity index (χ1v) is 3.78. The minimum atomic E-state index is 0.0337. The fourth-order valence-electron chi connectivity index (χ4n) is 0.786. The molecule has 0 bridgehead atoms. The van der Waals surface area contributed by atoms with E-state index in [1.165, 1.54) is 0 Å². The summed E-state index contributed by atoms with van der Waals surface area (Å²) in [6.45, 7) is 8.34. The van der Waals surface area contributed by atoms with Crippen LogP contribution < -0.4 is 5.43 Å². The SMILES string of the molecule is CC1=CC=NN(C(C)(C)C)N1. The topological polar surface area (TPSA) is 27.6 Å². The monoisotopic (exact) mass is 153 g/mol. The van der Waals surface area contributed by atoms with Crippen molar-refractivity contribution in [2.45, 2.75) is 33.2 Å². The number of hydrazone groups is 1. The van der Waals surface area contributed by atoms with Crippen molar-refractivity contribution in [3.63, 3.8) is 0 Å². The molecule has 1 aliphatic heterocycles. The van der Waals surface area contributed by atoms with Crippen molar-refractivity contribution < 1.29 is 0 Å². The lowest BCUT2D eigenvalue weighted by molar-refractivity contribution is 0.0921. The predicted molar refractivity (Wildman–Crippen MR) is 47.0 cm³/mol. The minimum Gasteiger partial charge on any atom is -0.287 e. The van der Waals surface area contributed by atoms with E-state index < -0.39 is 0 Å². The molecular weight excluding hydrogens is 138 g/mol. The summed E-state index contributed by atoms with van der Waals surface area (Å²) in [6, 6.07) is 0. The molecule has 1 N–H and O–H groups in total. The molecular formula is C8H15N3. The molecule has 1 rings (SSSR count). The first-order chi connectivity index (χ1) is 5.00. The molecule has 0 saturated carbocycles. The van der Waals surface area contributed by atoms with Crippen LogP contribution in [-0.4, -0.2) is 16.9 Å². The fraction of sp³-hybridized carbons (Fsp3) is 0.625. The summed E-state index contributed by atoms with van der Waals surface area (Å²) in [4.78, 5) is 0. The van der Waals surface area contributed by atoms with E-state index in [0.717, 1.165) is 5.70 Å². The van der Waals surface area contributed by atoms with E-state index in [9.17, 15) is 0 Å². The maximum atomic E-state index is 4.17. The van der Waals surface area contributed by atoms with Crippen molar-refractivity contribution in [2.24, 2.45) is 5.10 Å². The highest BCUT2D eigenvalue weighted by Crippen LogP contribution is 2.13. The molecule has 0 spiro atoms. The number of hydrogen-bond acceptors (Lipinski definition) is 3.